The third-order valence-corrected chi connectivity index (χ3v) is 2.01. The summed E-state index contributed by atoms with van der Waals surface area (Å²) in [6.07, 6.45) is 0. The van der Waals surface area contributed by atoms with Crippen molar-refractivity contribution >= 4 is 29.9 Å². The Morgan fingerprint density at radius 2 is 2.28 bits per heavy atom. The summed E-state index contributed by atoms with van der Waals surface area (Å²) in [6.45, 7) is 4.85. The highest BCUT2D eigenvalue weighted by molar-refractivity contribution is 14.0. The zero-order valence-corrected chi connectivity index (χ0v) is 13.4. The highest BCUT2D eigenvalue weighted by atomic mass is 127. The van der Waals surface area contributed by atoms with Gasteiger partial charge in [0.1, 0.15) is 0 Å². The molecule has 0 amide bonds. The van der Waals surface area contributed by atoms with Crippen LogP contribution in [0.3, 0.4) is 0 Å². The third kappa shape index (κ3) is 6.15. The fraction of sp³-hybridized carbons (Fsp3) is 0.700. The Kier molecular flexibility index (Phi) is 8.63. The van der Waals surface area contributed by atoms with E-state index in [9.17, 15) is 0 Å². The fourth-order valence-corrected chi connectivity index (χ4v) is 1.30. The molecule has 8 heteroatoms. The summed E-state index contributed by atoms with van der Waals surface area (Å²) in [7, 11) is 3.37. The van der Waals surface area contributed by atoms with Gasteiger partial charge in [0.05, 0.1) is 13.2 Å². The molecular formula is C10H20IN5O2. The van der Waals surface area contributed by atoms with Crippen LogP contribution < -0.4 is 10.6 Å². The van der Waals surface area contributed by atoms with Gasteiger partial charge in [-0.15, -0.1) is 24.0 Å². The van der Waals surface area contributed by atoms with Gasteiger partial charge < -0.3 is 19.9 Å². The minimum absolute atomic E-state index is 0. The van der Waals surface area contributed by atoms with Crippen LogP contribution in [0.15, 0.2) is 9.52 Å². The quantitative estimate of drug-likeness (QED) is 0.452. The molecule has 0 aliphatic heterocycles. The molecule has 18 heavy (non-hydrogen) atoms. The van der Waals surface area contributed by atoms with E-state index < -0.39 is 0 Å². The first kappa shape index (κ1) is 17.1. The van der Waals surface area contributed by atoms with Gasteiger partial charge in [-0.05, 0) is 6.92 Å². The van der Waals surface area contributed by atoms with E-state index in [-0.39, 0.29) is 30.0 Å². The van der Waals surface area contributed by atoms with Gasteiger partial charge in [-0.2, -0.15) is 4.98 Å². The number of rotatable bonds is 5. The van der Waals surface area contributed by atoms with Crippen LogP contribution in [0.5, 0.6) is 0 Å². The van der Waals surface area contributed by atoms with Crippen LogP contribution in [0.25, 0.3) is 0 Å². The second kappa shape index (κ2) is 9.09. The minimum Gasteiger partial charge on any atom is -0.383 e. The molecular weight excluding hydrogens is 349 g/mol. The van der Waals surface area contributed by atoms with E-state index in [4.69, 9.17) is 9.26 Å². The maximum Gasteiger partial charge on any atom is 0.223 e. The van der Waals surface area contributed by atoms with Crippen LogP contribution >= 0.6 is 24.0 Å². The van der Waals surface area contributed by atoms with Gasteiger partial charge >= 0.3 is 0 Å². The Bertz CT molecular complexity index is 369. The largest absolute Gasteiger partial charge is 0.383 e. The molecule has 2 N–H and O–H groups in total. The predicted molar refractivity (Wildman–Crippen MR) is 79.1 cm³/mol. The van der Waals surface area contributed by atoms with E-state index in [1.54, 1.807) is 21.1 Å². The molecule has 1 heterocycles. The van der Waals surface area contributed by atoms with E-state index in [2.05, 4.69) is 25.8 Å². The number of aryl methyl sites for hydroxylation is 1. The van der Waals surface area contributed by atoms with Crippen LogP contribution in [0.2, 0.25) is 0 Å². The van der Waals surface area contributed by atoms with Gasteiger partial charge in [-0.25, -0.2) is 0 Å². The number of hydrogen-bond donors (Lipinski definition) is 2. The molecule has 0 bridgehead atoms. The van der Waals surface area contributed by atoms with Gasteiger partial charge in [0, 0.05) is 27.1 Å². The van der Waals surface area contributed by atoms with Gasteiger partial charge in [-0.3, -0.25) is 4.99 Å². The van der Waals surface area contributed by atoms with Gasteiger partial charge in [-0.1, -0.05) is 5.16 Å². The Labute approximate surface area is 124 Å². The van der Waals surface area contributed by atoms with E-state index in [0.29, 0.717) is 30.8 Å². The Morgan fingerprint density at radius 1 is 1.56 bits per heavy atom. The Hall–Kier alpha value is -0.900. The minimum atomic E-state index is 0. The van der Waals surface area contributed by atoms with Crippen molar-refractivity contribution < 1.29 is 9.26 Å². The number of aromatic nitrogens is 2. The number of guanidine groups is 1. The summed E-state index contributed by atoms with van der Waals surface area (Å²) in [5.74, 6) is 1.83. The zero-order valence-electron chi connectivity index (χ0n) is 11.1. The van der Waals surface area contributed by atoms with E-state index in [1.807, 2.05) is 6.92 Å². The molecule has 0 aliphatic carbocycles. The molecule has 0 saturated carbocycles. The van der Waals surface area contributed by atoms with Crippen molar-refractivity contribution in [2.75, 3.05) is 20.8 Å². The lowest BCUT2D eigenvalue weighted by Gasteiger charge is -2.16. The third-order valence-electron chi connectivity index (χ3n) is 2.01. The molecule has 0 aliphatic rings. The number of methoxy groups -OCH3 is 1. The number of nitrogens with one attached hydrogen (secondary N) is 2. The maximum absolute atomic E-state index is 5.03. The Morgan fingerprint density at radius 3 is 2.78 bits per heavy atom. The fourth-order valence-electron chi connectivity index (χ4n) is 1.30. The molecule has 104 valence electrons. The van der Waals surface area contributed by atoms with E-state index in [0.717, 1.165) is 0 Å². The van der Waals surface area contributed by atoms with Crippen molar-refractivity contribution in [2.45, 2.75) is 26.4 Å². The summed E-state index contributed by atoms with van der Waals surface area (Å²) in [5, 5.41) is 10.0. The van der Waals surface area contributed by atoms with Crippen molar-refractivity contribution in [3.63, 3.8) is 0 Å². The summed E-state index contributed by atoms with van der Waals surface area (Å²) in [5.41, 5.74) is 0. The van der Waals surface area contributed by atoms with Crippen molar-refractivity contribution in [1.82, 2.24) is 20.8 Å². The van der Waals surface area contributed by atoms with Crippen molar-refractivity contribution in [1.29, 1.82) is 0 Å². The predicted octanol–water partition coefficient (Wildman–Crippen LogP) is 0.696. The summed E-state index contributed by atoms with van der Waals surface area (Å²) in [4.78, 5) is 8.17. The van der Waals surface area contributed by atoms with Gasteiger partial charge in [0.2, 0.25) is 5.89 Å². The smallest absolute Gasteiger partial charge is 0.223 e. The number of nitrogens with zero attached hydrogens (tertiary/aromatic N) is 3. The second-order valence-corrected chi connectivity index (χ2v) is 3.66. The van der Waals surface area contributed by atoms with Crippen molar-refractivity contribution in [3.05, 3.63) is 11.7 Å². The molecule has 1 rings (SSSR count). The molecule has 0 fully saturated rings. The SMILES string of the molecule is CN=C(NCc1noc(C)n1)NC(C)COC.I. The summed E-state index contributed by atoms with van der Waals surface area (Å²) >= 11 is 0. The van der Waals surface area contributed by atoms with Gasteiger partial charge in [0.25, 0.3) is 0 Å². The topological polar surface area (TPSA) is 84.6 Å². The van der Waals surface area contributed by atoms with Crippen molar-refractivity contribution in [2.24, 2.45) is 4.99 Å². The first-order valence-electron chi connectivity index (χ1n) is 5.41. The second-order valence-electron chi connectivity index (χ2n) is 3.66. The molecule has 7 nitrogen and oxygen atoms in total. The van der Waals surface area contributed by atoms with Crippen LogP contribution in [-0.4, -0.2) is 42.9 Å². The van der Waals surface area contributed by atoms with Gasteiger partial charge in [0.15, 0.2) is 11.8 Å². The lowest BCUT2D eigenvalue weighted by Crippen LogP contribution is -2.43. The molecule has 0 aromatic carbocycles. The van der Waals surface area contributed by atoms with E-state index >= 15 is 0 Å². The highest BCUT2D eigenvalue weighted by Gasteiger charge is 2.06. The first-order chi connectivity index (χ1) is 8.15. The first-order valence-corrected chi connectivity index (χ1v) is 5.41. The maximum atomic E-state index is 5.03. The number of halogens is 1. The summed E-state index contributed by atoms with van der Waals surface area (Å²) < 4.78 is 9.90. The molecule has 1 aromatic heterocycles. The number of aliphatic imine (C=N–C) groups is 1. The number of ether oxygens (including phenoxy) is 1. The summed E-state index contributed by atoms with van der Waals surface area (Å²) in [6, 6.07) is 0.179. The molecule has 0 radical (unpaired) electrons. The standard InChI is InChI=1S/C10H19N5O2.HI/c1-7(6-16-4)13-10(11-3)12-5-9-14-8(2)17-15-9;/h7H,5-6H2,1-4H3,(H2,11,12,13);1H. The molecule has 0 spiro atoms. The molecule has 0 saturated heterocycles. The number of hydrogen-bond acceptors (Lipinski definition) is 5. The van der Waals surface area contributed by atoms with Crippen LogP contribution in [0.1, 0.15) is 18.6 Å². The van der Waals surface area contributed by atoms with Crippen LogP contribution in [0.4, 0.5) is 0 Å². The lowest BCUT2D eigenvalue weighted by atomic mass is 10.4. The average molecular weight is 369 g/mol. The highest BCUT2D eigenvalue weighted by Crippen LogP contribution is 1.93. The van der Waals surface area contributed by atoms with Crippen LogP contribution in [-0.2, 0) is 11.3 Å². The normalized spacial score (nSPS) is 12.8. The monoisotopic (exact) mass is 369 g/mol. The average Bonchev–Trinajstić information content (AvgIpc) is 2.70. The lowest BCUT2D eigenvalue weighted by molar-refractivity contribution is 0.179. The zero-order chi connectivity index (χ0) is 12.7. The van der Waals surface area contributed by atoms with E-state index in [1.165, 1.54) is 0 Å². The molecule has 1 aromatic rings. The molecule has 1 unspecified atom stereocenters. The van der Waals surface area contributed by atoms with Crippen LogP contribution in [0, 0.1) is 6.92 Å². The Balaban J connectivity index is 0.00000289. The molecule has 1 atom stereocenters. The van der Waals surface area contributed by atoms with Crippen molar-refractivity contribution in [3.8, 4) is 0 Å².